The van der Waals surface area contributed by atoms with Crippen LogP contribution in [0.4, 0.5) is 0 Å². The molecule has 1 atom stereocenters. The average Bonchev–Trinajstić information content (AvgIpc) is 2.40. The van der Waals surface area contributed by atoms with Crippen LogP contribution in [0.15, 0.2) is 0 Å². The molecule has 0 aromatic rings. The Bertz CT molecular complexity index is 267. The normalized spacial score (nSPS) is 26.3. The van der Waals surface area contributed by atoms with Crippen LogP contribution in [0.25, 0.3) is 0 Å². The van der Waals surface area contributed by atoms with E-state index in [2.05, 4.69) is 5.32 Å². The van der Waals surface area contributed by atoms with Gasteiger partial charge < -0.3 is 20.1 Å². The van der Waals surface area contributed by atoms with E-state index in [1.54, 1.807) is 4.90 Å². The fourth-order valence-electron chi connectivity index (χ4n) is 2.61. The predicted octanol–water partition coefficient (Wildman–Crippen LogP) is 0.128. The van der Waals surface area contributed by atoms with E-state index >= 15 is 0 Å². The molecule has 2 fully saturated rings. The van der Waals surface area contributed by atoms with Gasteiger partial charge in [-0.05, 0) is 38.8 Å². The molecule has 0 spiro atoms. The lowest BCUT2D eigenvalue weighted by Crippen LogP contribution is -2.42. The van der Waals surface area contributed by atoms with E-state index in [4.69, 9.17) is 4.74 Å². The summed E-state index contributed by atoms with van der Waals surface area (Å²) >= 11 is 0. The van der Waals surface area contributed by atoms with E-state index in [-0.39, 0.29) is 12.0 Å². The van der Waals surface area contributed by atoms with Crippen molar-refractivity contribution in [2.75, 3.05) is 32.8 Å². The Hall–Kier alpha value is -0.650. The summed E-state index contributed by atoms with van der Waals surface area (Å²) < 4.78 is 5.72. The molecule has 0 bridgehead atoms. The highest BCUT2D eigenvalue weighted by Gasteiger charge is 2.22. The molecule has 5 heteroatoms. The number of β-amino-alcohol motifs (C(OH)–C–C–N with tert-alkyl or cyclic N) is 1. The van der Waals surface area contributed by atoms with Crippen molar-refractivity contribution in [3.63, 3.8) is 0 Å². The number of rotatable bonds is 4. The number of hydrogen-bond acceptors (Lipinski definition) is 4. The molecule has 0 unspecified atom stereocenters. The first kappa shape index (κ1) is 13.8. The summed E-state index contributed by atoms with van der Waals surface area (Å²) in [4.78, 5) is 13.7. The minimum absolute atomic E-state index is 0.114. The lowest BCUT2D eigenvalue weighted by Gasteiger charge is -2.30. The molecule has 2 saturated heterocycles. The fourth-order valence-corrected chi connectivity index (χ4v) is 2.61. The molecule has 1 amide bonds. The monoisotopic (exact) mass is 256 g/mol. The van der Waals surface area contributed by atoms with Crippen LogP contribution in [0, 0.1) is 0 Å². The number of carbonyl (C=O) groups excluding carboxylic acids is 1. The zero-order chi connectivity index (χ0) is 12.8. The van der Waals surface area contributed by atoms with Crippen molar-refractivity contribution in [1.82, 2.24) is 10.2 Å². The van der Waals surface area contributed by atoms with Gasteiger partial charge in [0, 0.05) is 13.1 Å². The van der Waals surface area contributed by atoms with Crippen LogP contribution >= 0.6 is 0 Å². The van der Waals surface area contributed by atoms with Gasteiger partial charge in [0.05, 0.1) is 25.2 Å². The molecule has 104 valence electrons. The maximum Gasteiger partial charge on any atom is 0.224 e. The van der Waals surface area contributed by atoms with E-state index in [1.807, 2.05) is 0 Å². The smallest absolute Gasteiger partial charge is 0.224 e. The largest absolute Gasteiger partial charge is 0.391 e. The minimum atomic E-state index is -0.340. The third kappa shape index (κ3) is 4.23. The molecule has 5 nitrogen and oxygen atoms in total. The van der Waals surface area contributed by atoms with Crippen LogP contribution in [-0.4, -0.2) is 60.9 Å². The molecule has 2 aliphatic rings. The van der Waals surface area contributed by atoms with Crippen LogP contribution in [0.3, 0.4) is 0 Å². The van der Waals surface area contributed by atoms with Crippen molar-refractivity contribution < 1.29 is 14.6 Å². The van der Waals surface area contributed by atoms with Gasteiger partial charge in [-0.25, -0.2) is 0 Å². The van der Waals surface area contributed by atoms with Crippen molar-refractivity contribution >= 4 is 5.91 Å². The molecule has 2 aliphatic heterocycles. The Balaban J connectivity index is 1.61. The average molecular weight is 256 g/mol. The van der Waals surface area contributed by atoms with Crippen molar-refractivity contribution in [2.45, 2.75) is 44.3 Å². The number of nitrogens with zero attached hydrogens (tertiary/aromatic N) is 1. The number of aliphatic hydroxyl groups is 1. The van der Waals surface area contributed by atoms with Crippen LogP contribution < -0.4 is 5.32 Å². The van der Waals surface area contributed by atoms with Crippen LogP contribution in [0.2, 0.25) is 0 Å². The summed E-state index contributed by atoms with van der Waals surface area (Å²) in [6.07, 6.45) is 4.21. The van der Waals surface area contributed by atoms with Crippen LogP contribution in [0.1, 0.15) is 32.1 Å². The Morgan fingerprint density at radius 1 is 1.33 bits per heavy atom. The number of carbonyl (C=O) groups is 1. The molecular weight excluding hydrogens is 232 g/mol. The molecule has 2 heterocycles. The quantitative estimate of drug-likeness (QED) is 0.750. The summed E-state index contributed by atoms with van der Waals surface area (Å²) in [5.74, 6) is 0.114. The second kappa shape index (κ2) is 7.07. The molecule has 2 rings (SSSR count). The summed E-state index contributed by atoms with van der Waals surface area (Å²) in [6, 6.07) is 0. The highest BCUT2D eigenvalue weighted by molar-refractivity contribution is 5.76. The van der Waals surface area contributed by atoms with Crippen molar-refractivity contribution in [2.24, 2.45) is 0 Å². The zero-order valence-corrected chi connectivity index (χ0v) is 10.9. The highest BCUT2D eigenvalue weighted by Crippen LogP contribution is 2.12. The van der Waals surface area contributed by atoms with Gasteiger partial charge in [0.15, 0.2) is 0 Å². The minimum Gasteiger partial charge on any atom is -0.391 e. The zero-order valence-electron chi connectivity index (χ0n) is 10.9. The van der Waals surface area contributed by atoms with Gasteiger partial charge in [-0.2, -0.15) is 0 Å². The van der Waals surface area contributed by atoms with E-state index in [0.717, 1.165) is 45.3 Å². The Morgan fingerprint density at radius 2 is 2.11 bits per heavy atom. The van der Waals surface area contributed by atoms with Gasteiger partial charge in [-0.15, -0.1) is 0 Å². The second-order valence-electron chi connectivity index (χ2n) is 5.21. The maximum absolute atomic E-state index is 11.9. The molecule has 18 heavy (non-hydrogen) atoms. The molecule has 0 aliphatic carbocycles. The van der Waals surface area contributed by atoms with Gasteiger partial charge in [0.2, 0.25) is 5.91 Å². The van der Waals surface area contributed by atoms with Crippen LogP contribution in [-0.2, 0) is 9.53 Å². The molecular formula is C13H24N2O3. The number of piperidine rings is 2. The second-order valence-corrected chi connectivity index (χ2v) is 5.21. The standard InChI is InChI=1S/C13H24N2O3/c16-11-2-1-8-15(10-11)13(17)5-9-18-12-3-6-14-7-4-12/h11-12,14,16H,1-10H2/t11-/m0/s1. The summed E-state index contributed by atoms with van der Waals surface area (Å²) in [5.41, 5.74) is 0. The third-order valence-corrected chi connectivity index (χ3v) is 3.70. The number of nitrogens with one attached hydrogen (secondary N) is 1. The fraction of sp³-hybridized carbons (Fsp3) is 0.923. The first-order valence-corrected chi connectivity index (χ1v) is 7.04. The molecule has 0 radical (unpaired) electrons. The lowest BCUT2D eigenvalue weighted by molar-refractivity contribution is -0.135. The number of likely N-dealkylation sites (tertiary alicyclic amines) is 1. The van der Waals surface area contributed by atoms with Crippen molar-refractivity contribution in [3.8, 4) is 0 Å². The number of amides is 1. The maximum atomic E-state index is 11.9. The third-order valence-electron chi connectivity index (χ3n) is 3.70. The molecule has 0 aromatic heterocycles. The number of hydrogen-bond donors (Lipinski definition) is 2. The number of aliphatic hydroxyl groups excluding tert-OH is 1. The van der Waals surface area contributed by atoms with Gasteiger partial charge in [0.25, 0.3) is 0 Å². The van der Waals surface area contributed by atoms with Crippen LogP contribution in [0.5, 0.6) is 0 Å². The van der Waals surface area contributed by atoms with Gasteiger partial charge in [-0.1, -0.05) is 0 Å². The lowest BCUT2D eigenvalue weighted by atomic mass is 10.1. The van der Waals surface area contributed by atoms with E-state index in [0.29, 0.717) is 25.7 Å². The summed E-state index contributed by atoms with van der Waals surface area (Å²) in [7, 11) is 0. The van der Waals surface area contributed by atoms with Gasteiger partial charge in [0.1, 0.15) is 0 Å². The summed E-state index contributed by atoms with van der Waals surface area (Å²) in [5, 5.41) is 12.8. The van der Waals surface area contributed by atoms with E-state index < -0.39 is 0 Å². The van der Waals surface area contributed by atoms with Gasteiger partial charge in [-0.3, -0.25) is 4.79 Å². The number of ether oxygens (including phenoxy) is 1. The van der Waals surface area contributed by atoms with Crippen molar-refractivity contribution in [3.05, 3.63) is 0 Å². The first-order valence-electron chi connectivity index (χ1n) is 7.04. The predicted molar refractivity (Wildman–Crippen MR) is 68.3 cm³/mol. The topological polar surface area (TPSA) is 61.8 Å². The van der Waals surface area contributed by atoms with Gasteiger partial charge >= 0.3 is 0 Å². The highest BCUT2D eigenvalue weighted by atomic mass is 16.5. The SMILES string of the molecule is O=C(CCOC1CCNCC1)N1CCC[C@H](O)C1. The Kier molecular flexibility index (Phi) is 5.41. The van der Waals surface area contributed by atoms with E-state index in [9.17, 15) is 9.90 Å². The van der Waals surface area contributed by atoms with Crippen molar-refractivity contribution in [1.29, 1.82) is 0 Å². The Labute approximate surface area is 108 Å². The first-order chi connectivity index (χ1) is 8.75. The Morgan fingerprint density at radius 3 is 2.83 bits per heavy atom. The molecule has 0 saturated carbocycles. The van der Waals surface area contributed by atoms with E-state index in [1.165, 1.54) is 0 Å². The molecule has 2 N–H and O–H groups in total. The molecule has 0 aromatic carbocycles. The summed E-state index contributed by atoms with van der Waals surface area (Å²) in [6.45, 7) is 3.80.